The fourth-order valence-electron chi connectivity index (χ4n) is 2.73. The second kappa shape index (κ2) is 8.38. The smallest absolute Gasteiger partial charge is 0.270 e. The van der Waals surface area contributed by atoms with Crippen molar-refractivity contribution in [1.82, 2.24) is 10.3 Å². The summed E-state index contributed by atoms with van der Waals surface area (Å²) < 4.78 is 24.0. The maximum absolute atomic E-state index is 12.0. The summed E-state index contributed by atoms with van der Waals surface area (Å²) in [6.45, 7) is 0.459. The van der Waals surface area contributed by atoms with Gasteiger partial charge in [0.2, 0.25) is 0 Å². The molecule has 0 saturated carbocycles. The first-order valence-corrected chi connectivity index (χ1v) is 11.2. The number of terminal acetylenes is 1. The van der Waals surface area contributed by atoms with Crippen LogP contribution in [0, 0.1) is 12.3 Å². The highest BCUT2D eigenvalue weighted by atomic mass is 32.2. The molecule has 1 amide bonds. The minimum atomic E-state index is -3.31. The van der Waals surface area contributed by atoms with E-state index >= 15 is 0 Å². The molecule has 0 fully saturated rings. The fraction of sp³-hybridized carbons (Fsp3) is 0.143. The van der Waals surface area contributed by atoms with Gasteiger partial charge in [-0.1, -0.05) is 42.5 Å². The quantitative estimate of drug-likeness (QED) is 0.634. The summed E-state index contributed by atoms with van der Waals surface area (Å²) in [7, 11) is -3.31. The van der Waals surface area contributed by atoms with Crippen LogP contribution in [0.5, 0.6) is 0 Å². The van der Waals surface area contributed by atoms with Crippen molar-refractivity contribution in [3.8, 4) is 23.5 Å². The van der Waals surface area contributed by atoms with Gasteiger partial charge in [-0.2, -0.15) is 0 Å². The van der Waals surface area contributed by atoms with Crippen LogP contribution in [-0.4, -0.2) is 32.1 Å². The summed E-state index contributed by atoms with van der Waals surface area (Å²) in [5.41, 5.74) is 2.87. The lowest BCUT2D eigenvalue weighted by molar-refractivity contribution is 0.0950. The Kier molecular flexibility index (Phi) is 5.93. The number of amides is 1. The molecule has 0 aliphatic heterocycles. The molecule has 0 spiro atoms. The number of aromatic nitrogens is 1. The number of carbonyl (C=O) groups excluding carboxylic acids is 1. The molecule has 28 heavy (non-hydrogen) atoms. The lowest BCUT2D eigenvalue weighted by Gasteiger charge is -2.09. The first kappa shape index (κ1) is 19.8. The van der Waals surface area contributed by atoms with Gasteiger partial charge in [-0.3, -0.25) is 4.79 Å². The van der Waals surface area contributed by atoms with Gasteiger partial charge >= 0.3 is 0 Å². The van der Waals surface area contributed by atoms with Crippen molar-refractivity contribution in [2.24, 2.45) is 0 Å². The van der Waals surface area contributed by atoms with E-state index < -0.39 is 9.84 Å². The minimum Gasteiger partial charge on any atom is -0.350 e. The average Bonchev–Trinajstić information content (AvgIpc) is 3.17. The number of hydrogen-bond donors (Lipinski definition) is 1. The van der Waals surface area contributed by atoms with E-state index in [2.05, 4.69) is 16.2 Å². The van der Waals surface area contributed by atoms with Gasteiger partial charge in [0.1, 0.15) is 5.69 Å². The van der Waals surface area contributed by atoms with E-state index in [0.717, 1.165) is 11.1 Å². The molecule has 0 unspecified atom stereocenters. The average molecular weight is 411 g/mol. The maximum atomic E-state index is 12.0. The van der Waals surface area contributed by atoms with E-state index in [4.69, 9.17) is 6.42 Å². The predicted octanol–water partition coefficient (Wildman–Crippen LogP) is 3.17. The zero-order valence-corrected chi connectivity index (χ0v) is 16.8. The third-order valence-corrected chi connectivity index (χ3v) is 6.04. The number of rotatable bonds is 6. The molecule has 0 radical (unpaired) electrons. The Hall–Kier alpha value is -2.95. The van der Waals surface area contributed by atoms with Crippen LogP contribution in [0.4, 0.5) is 0 Å². The van der Waals surface area contributed by atoms with Crippen molar-refractivity contribution in [1.29, 1.82) is 0 Å². The number of carbonyl (C=O) groups is 1. The lowest BCUT2D eigenvalue weighted by Crippen LogP contribution is -2.25. The number of benzene rings is 2. The van der Waals surface area contributed by atoms with Gasteiger partial charge < -0.3 is 5.32 Å². The van der Waals surface area contributed by atoms with Crippen LogP contribution >= 0.6 is 11.3 Å². The third-order valence-electron chi connectivity index (χ3n) is 4.11. The number of sulfone groups is 1. The summed E-state index contributed by atoms with van der Waals surface area (Å²) in [6, 6.07) is 14.6. The highest BCUT2D eigenvalue weighted by molar-refractivity contribution is 7.90. The molecule has 3 aromatic rings. The number of nitrogens with zero attached hydrogens (tertiary/aromatic N) is 1. The zero-order valence-electron chi connectivity index (χ0n) is 15.2. The van der Waals surface area contributed by atoms with Crippen molar-refractivity contribution < 1.29 is 13.2 Å². The molecule has 0 aliphatic carbocycles. The van der Waals surface area contributed by atoms with E-state index in [1.165, 1.54) is 17.6 Å². The van der Waals surface area contributed by atoms with Gasteiger partial charge in [-0.05, 0) is 29.5 Å². The minimum absolute atomic E-state index is 0.253. The predicted molar refractivity (Wildman–Crippen MR) is 111 cm³/mol. The molecule has 1 aromatic heterocycles. The monoisotopic (exact) mass is 410 g/mol. The number of thiazole rings is 1. The molecule has 1 N–H and O–H groups in total. The summed E-state index contributed by atoms with van der Waals surface area (Å²) >= 11 is 1.26. The van der Waals surface area contributed by atoms with E-state index in [1.54, 1.807) is 23.6 Å². The molecule has 142 valence electrons. The normalized spacial score (nSPS) is 11.0. The summed E-state index contributed by atoms with van der Waals surface area (Å²) in [6.07, 6.45) is 7.11. The highest BCUT2D eigenvalue weighted by Gasteiger charge is 2.14. The molecule has 0 saturated heterocycles. The summed E-state index contributed by atoms with van der Waals surface area (Å²) in [4.78, 5) is 16.4. The van der Waals surface area contributed by atoms with Crippen molar-refractivity contribution in [2.45, 2.75) is 11.3 Å². The molecular formula is C21H18N2O3S2. The van der Waals surface area contributed by atoms with Crippen molar-refractivity contribution in [3.05, 3.63) is 70.2 Å². The van der Waals surface area contributed by atoms with E-state index in [9.17, 15) is 13.2 Å². The molecule has 3 rings (SSSR count). The van der Waals surface area contributed by atoms with Crippen LogP contribution in [0.2, 0.25) is 0 Å². The van der Waals surface area contributed by atoms with Crippen LogP contribution in [0.1, 0.15) is 21.1 Å². The Morgan fingerprint density at radius 3 is 2.54 bits per heavy atom. The highest BCUT2D eigenvalue weighted by Crippen LogP contribution is 2.27. The van der Waals surface area contributed by atoms with Gasteiger partial charge in [0.05, 0.1) is 4.90 Å². The van der Waals surface area contributed by atoms with Gasteiger partial charge in [-0.25, -0.2) is 13.4 Å². The molecule has 5 nitrogen and oxygen atoms in total. The fourth-order valence-corrected chi connectivity index (χ4v) is 4.25. The Bertz CT molecular complexity index is 1140. The van der Waals surface area contributed by atoms with Crippen molar-refractivity contribution in [2.75, 3.05) is 12.8 Å². The van der Waals surface area contributed by atoms with Gasteiger partial charge in [0.25, 0.3) is 5.91 Å². The molecular weight excluding hydrogens is 392 g/mol. The van der Waals surface area contributed by atoms with Crippen LogP contribution < -0.4 is 5.32 Å². The molecule has 7 heteroatoms. The molecule has 0 aliphatic rings. The first-order chi connectivity index (χ1) is 13.4. The first-order valence-electron chi connectivity index (χ1n) is 8.47. The largest absolute Gasteiger partial charge is 0.350 e. The van der Waals surface area contributed by atoms with Crippen LogP contribution in [0.15, 0.2) is 58.8 Å². The van der Waals surface area contributed by atoms with Crippen molar-refractivity contribution >= 4 is 27.1 Å². The summed E-state index contributed by atoms with van der Waals surface area (Å²) in [5.74, 6) is 2.15. The van der Waals surface area contributed by atoms with E-state index in [-0.39, 0.29) is 5.91 Å². The van der Waals surface area contributed by atoms with Gasteiger partial charge in [0, 0.05) is 23.7 Å². The van der Waals surface area contributed by atoms with Gasteiger partial charge in [0.15, 0.2) is 14.8 Å². The van der Waals surface area contributed by atoms with Crippen LogP contribution in [0.3, 0.4) is 0 Å². The SMILES string of the molecule is C#Cc1nc(C(=O)NCCc2ccc(-c3ccccc3S(C)(=O)=O)cc2)cs1. The molecule has 0 atom stereocenters. The Labute approximate surface area is 168 Å². The topological polar surface area (TPSA) is 76.1 Å². The third kappa shape index (κ3) is 4.66. The lowest BCUT2D eigenvalue weighted by atomic mass is 10.0. The van der Waals surface area contributed by atoms with E-state index in [1.807, 2.05) is 30.3 Å². The van der Waals surface area contributed by atoms with Gasteiger partial charge in [-0.15, -0.1) is 17.8 Å². The van der Waals surface area contributed by atoms with Crippen LogP contribution in [-0.2, 0) is 16.3 Å². The van der Waals surface area contributed by atoms with E-state index in [0.29, 0.717) is 34.1 Å². The number of nitrogens with one attached hydrogen (secondary N) is 1. The molecule has 0 bridgehead atoms. The standard InChI is InChI=1S/C21H18N2O3S2/c1-3-20-23-18(14-27-20)21(24)22-13-12-15-8-10-16(11-9-15)17-6-4-5-7-19(17)28(2,25)26/h1,4-11,14H,12-13H2,2H3,(H,22,24). The van der Waals surface area contributed by atoms with Crippen LogP contribution in [0.25, 0.3) is 11.1 Å². The zero-order chi connectivity index (χ0) is 20.1. The second-order valence-corrected chi connectivity index (χ2v) is 9.00. The Morgan fingerprint density at radius 2 is 1.89 bits per heavy atom. The Morgan fingerprint density at radius 1 is 1.18 bits per heavy atom. The Balaban J connectivity index is 1.64. The molecule has 2 aromatic carbocycles. The second-order valence-electron chi connectivity index (χ2n) is 6.15. The number of hydrogen-bond acceptors (Lipinski definition) is 5. The molecule has 1 heterocycles. The summed E-state index contributed by atoms with van der Waals surface area (Å²) in [5, 5.41) is 4.94. The maximum Gasteiger partial charge on any atom is 0.270 e. The van der Waals surface area contributed by atoms with Crippen molar-refractivity contribution in [3.63, 3.8) is 0 Å².